The minimum Gasteiger partial charge on any atom is -0.346 e. The zero-order valence-electron chi connectivity index (χ0n) is 15.7. The van der Waals surface area contributed by atoms with Crippen molar-refractivity contribution in [1.82, 2.24) is 29.9 Å². The number of hydrogen-bond acceptors (Lipinski definition) is 7. The number of likely N-dealkylation sites (tertiary alicyclic amines) is 1. The van der Waals surface area contributed by atoms with Crippen molar-refractivity contribution in [2.45, 2.75) is 32.4 Å². The number of fused-ring (bicyclic) bond motifs is 1. The van der Waals surface area contributed by atoms with Gasteiger partial charge in [0.1, 0.15) is 0 Å². The second kappa shape index (κ2) is 7.89. The summed E-state index contributed by atoms with van der Waals surface area (Å²) in [6.45, 7) is 4.79. The number of amides is 1. The summed E-state index contributed by atoms with van der Waals surface area (Å²) in [6, 6.07) is 7.46. The van der Waals surface area contributed by atoms with Crippen LogP contribution >= 0.6 is 0 Å². The van der Waals surface area contributed by atoms with Gasteiger partial charge in [-0.2, -0.15) is 4.98 Å². The number of nitrogens with one attached hydrogen (secondary N) is 1. The Morgan fingerprint density at radius 1 is 1.36 bits per heavy atom. The van der Waals surface area contributed by atoms with Crippen molar-refractivity contribution < 1.29 is 9.32 Å². The Labute approximate surface area is 161 Å². The second-order valence-electron chi connectivity index (χ2n) is 6.85. The first-order valence-corrected chi connectivity index (χ1v) is 9.44. The number of para-hydroxylation sites is 1. The normalized spacial score (nSPS) is 17.2. The molecular formula is C19H22N6O3. The van der Waals surface area contributed by atoms with Crippen molar-refractivity contribution in [2.75, 3.05) is 19.6 Å². The highest BCUT2D eigenvalue weighted by Crippen LogP contribution is 2.15. The molecule has 0 aliphatic carbocycles. The second-order valence-corrected chi connectivity index (χ2v) is 6.85. The molecule has 1 atom stereocenters. The first-order valence-electron chi connectivity index (χ1n) is 9.44. The van der Waals surface area contributed by atoms with E-state index in [2.05, 4.69) is 32.3 Å². The number of hydrogen-bond donors (Lipinski definition) is 1. The number of carbonyl (C=O) groups excluding carboxylic acids is 1. The molecule has 1 aliphatic heterocycles. The van der Waals surface area contributed by atoms with Crippen LogP contribution in [0.2, 0.25) is 0 Å². The lowest BCUT2D eigenvalue weighted by atomic mass is 10.2. The highest BCUT2D eigenvalue weighted by molar-refractivity contribution is 5.89. The summed E-state index contributed by atoms with van der Waals surface area (Å²) in [5.74, 6) is -0.246. The van der Waals surface area contributed by atoms with Crippen LogP contribution in [0.25, 0.3) is 10.9 Å². The molecule has 1 aliphatic rings. The van der Waals surface area contributed by atoms with Crippen LogP contribution in [0.15, 0.2) is 39.9 Å². The van der Waals surface area contributed by atoms with Gasteiger partial charge in [-0.3, -0.25) is 19.1 Å². The van der Waals surface area contributed by atoms with Crippen LogP contribution in [-0.2, 0) is 6.54 Å². The molecule has 1 fully saturated rings. The fourth-order valence-corrected chi connectivity index (χ4v) is 3.61. The minimum atomic E-state index is -0.398. The Morgan fingerprint density at radius 3 is 3.07 bits per heavy atom. The van der Waals surface area contributed by atoms with Crippen LogP contribution in [0, 0.1) is 0 Å². The van der Waals surface area contributed by atoms with Gasteiger partial charge in [-0.15, -0.1) is 0 Å². The maximum absolute atomic E-state index is 12.5. The summed E-state index contributed by atoms with van der Waals surface area (Å²) < 4.78 is 6.47. The Bertz CT molecular complexity index is 1040. The quantitative estimate of drug-likeness (QED) is 0.679. The summed E-state index contributed by atoms with van der Waals surface area (Å²) in [4.78, 5) is 35.6. The summed E-state index contributed by atoms with van der Waals surface area (Å²) in [5, 5.41) is 7.20. The predicted molar refractivity (Wildman–Crippen MR) is 102 cm³/mol. The third kappa shape index (κ3) is 3.65. The first kappa shape index (κ1) is 18.3. The molecule has 1 saturated heterocycles. The van der Waals surface area contributed by atoms with Crippen LogP contribution in [0.4, 0.5) is 0 Å². The third-order valence-electron chi connectivity index (χ3n) is 5.11. The van der Waals surface area contributed by atoms with Crippen LogP contribution in [-0.4, -0.2) is 56.2 Å². The highest BCUT2D eigenvalue weighted by Gasteiger charge is 2.24. The fourth-order valence-electron chi connectivity index (χ4n) is 3.61. The van der Waals surface area contributed by atoms with Gasteiger partial charge >= 0.3 is 11.8 Å². The smallest absolute Gasteiger partial charge is 0.316 e. The number of likely N-dealkylation sites (N-methyl/N-ethyl adjacent to an activating group) is 1. The van der Waals surface area contributed by atoms with E-state index < -0.39 is 5.91 Å². The van der Waals surface area contributed by atoms with Gasteiger partial charge in [0.25, 0.3) is 5.56 Å². The van der Waals surface area contributed by atoms with Crippen molar-refractivity contribution >= 4 is 16.8 Å². The molecule has 0 bridgehead atoms. The zero-order chi connectivity index (χ0) is 19.5. The van der Waals surface area contributed by atoms with Gasteiger partial charge in [-0.05, 0) is 38.1 Å². The van der Waals surface area contributed by atoms with E-state index in [9.17, 15) is 9.59 Å². The average Bonchev–Trinajstić information content (AvgIpc) is 3.37. The molecule has 9 heteroatoms. The van der Waals surface area contributed by atoms with Crippen LogP contribution < -0.4 is 10.9 Å². The minimum absolute atomic E-state index is 0.0830. The van der Waals surface area contributed by atoms with Gasteiger partial charge in [-0.1, -0.05) is 24.2 Å². The van der Waals surface area contributed by atoms with Crippen molar-refractivity contribution in [1.29, 1.82) is 0 Å². The molecule has 0 unspecified atom stereocenters. The third-order valence-corrected chi connectivity index (χ3v) is 5.11. The molecule has 1 aromatic carbocycles. The van der Waals surface area contributed by atoms with E-state index >= 15 is 0 Å². The van der Waals surface area contributed by atoms with Crippen LogP contribution in [0.5, 0.6) is 0 Å². The van der Waals surface area contributed by atoms with Gasteiger partial charge in [0, 0.05) is 12.6 Å². The van der Waals surface area contributed by atoms with E-state index in [1.807, 2.05) is 6.07 Å². The van der Waals surface area contributed by atoms with Gasteiger partial charge < -0.3 is 9.84 Å². The van der Waals surface area contributed by atoms with E-state index in [1.54, 1.807) is 18.2 Å². The van der Waals surface area contributed by atoms with Crippen molar-refractivity contribution in [2.24, 2.45) is 0 Å². The summed E-state index contributed by atoms with van der Waals surface area (Å²) in [7, 11) is 0. The number of nitrogens with zero attached hydrogens (tertiary/aromatic N) is 5. The average molecular weight is 382 g/mol. The van der Waals surface area contributed by atoms with Crippen molar-refractivity contribution in [3.8, 4) is 0 Å². The lowest BCUT2D eigenvalue weighted by Crippen LogP contribution is -2.40. The van der Waals surface area contributed by atoms with Crippen molar-refractivity contribution in [3.63, 3.8) is 0 Å². The number of rotatable bonds is 6. The Morgan fingerprint density at radius 2 is 2.21 bits per heavy atom. The highest BCUT2D eigenvalue weighted by atomic mass is 16.5. The van der Waals surface area contributed by atoms with Gasteiger partial charge in [0.15, 0.2) is 5.82 Å². The first-order chi connectivity index (χ1) is 13.7. The monoisotopic (exact) mass is 382 g/mol. The number of carbonyl (C=O) groups is 1. The van der Waals surface area contributed by atoms with Gasteiger partial charge in [0.2, 0.25) is 0 Å². The number of benzene rings is 1. The summed E-state index contributed by atoms with van der Waals surface area (Å²) >= 11 is 0. The Hall–Kier alpha value is -3.07. The Kier molecular flexibility index (Phi) is 5.16. The lowest BCUT2D eigenvalue weighted by molar-refractivity contribution is 0.0897. The predicted octanol–water partition coefficient (Wildman–Crippen LogP) is 1.04. The summed E-state index contributed by atoms with van der Waals surface area (Å²) in [6.07, 6.45) is 3.66. The van der Waals surface area contributed by atoms with Gasteiger partial charge in [-0.25, -0.2) is 4.98 Å². The molecule has 1 amide bonds. The standard InChI is InChI=1S/C19H22N6O3/c1-2-24-9-5-6-13(24)10-20-17(26)18-22-16(23-28-18)11-25-12-21-15-8-4-3-7-14(15)19(25)27/h3-4,7-8,12-13H,2,5-6,9-11H2,1H3,(H,20,26)/t13-/m1/s1. The van der Waals surface area contributed by atoms with E-state index in [0.717, 1.165) is 25.9 Å². The zero-order valence-corrected chi connectivity index (χ0v) is 15.7. The van der Waals surface area contributed by atoms with Crippen LogP contribution in [0.3, 0.4) is 0 Å². The lowest BCUT2D eigenvalue weighted by Gasteiger charge is -2.22. The molecule has 4 rings (SSSR count). The molecular weight excluding hydrogens is 360 g/mol. The molecule has 0 spiro atoms. The molecule has 146 valence electrons. The maximum Gasteiger partial charge on any atom is 0.316 e. The summed E-state index contributed by atoms with van der Waals surface area (Å²) in [5.41, 5.74) is 0.437. The molecule has 9 nitrogen and oxygen atoms in total. The molecule has 3 heterocycles. The van der Waals surface area contributed by atoms with Gasteiger partial charge in [0.05, 0.1) is 23.8 Å². The fraction of sp³-hybridized carbons (Fsp3) is 0.421. The maximum atomic E-state index is 12.5. The molecule has 2 aromatic heterocycles. The number of aromatic nitrogens is 4. The Balaban J connectivity index is 1.42. The van der Waals surface area contributed by atoms with Crippen LogP contribution in [0.1, 0.15) is 36.3 Å². The molecule has 0 radical (unpaired) electrons. The largest absolute Gasteiger partial charge is 0.346 e. The molecule has 1 N–H and O–H groups in total. The van der Waals surface area contributed by atoms with E-state index in [0.29, 0.717) is 23.5 Å². The van der Waals surface area contributed by atoms with E-state index in [1.165, 1.54) is 10.9 Å². The van der Waals surface area contributed by atoms with E-state index in [4.69, 9.17) is 4.52 Å². The van der Waals surface area contributed by atoms with E-state index in [-0.39, 0.29) is 23.8 Å². The molecule has 0 saturated carbocycles. The van der Waals surface area contributed by atoms with Crippen molar-refractivity contribution in [3.05, 3.63) is 52.7 Å². The topological polar surface area (TPSA) is 106 Å². The SMILES string of the molecule is CCN1CCC[C@@H]1CNC(=O)c1nc(Cn2cnc3ccccc3c2=O)no1. The molecule has 3 aromatic rings. The molecule has 28 heavy (non-hydrogen) atoms.